The molecule has 0 saturated heterocycles. The van der Waals surface area contributed by atoms with Gasteiger partial charge in [0.05, 0.1) is 6.61 Å². The molecule has 0 aliphatic heterocycles. The summed E-state index contributed by atoms with van der Waals surface area (Å²) >= 11 is 0. The Morgan fingerprint density at radius 1 is 1.21 bits per heavy atom. The van der Waals surface area contributed by atoms with E-state index in [4.69, 9.17) is 15.2 Å². The standard InChI is InChI=1S/C15H17NO3/c1-2-18-15(17)13(16)10-19-14-9-5-7-11-6-3-4-8-12(11)14/h3-9,13H,2,10,16H2,1H3. The molecule has 0 fully saturated rings. The molecule has 0 amide bonds. The molecule has 2 aromatic rings. The minimum atomic E-state index is -0.765. The Morgan fingerprint density at radius 2 is 1.95 bits per heavy atom. The second kappa shape index (κ2) is 6.20. The van der Waals surface area contributed by atoms with E-state index in [1.54, 1.807) is 6.92 Å². The Bertz CT molecular complexity index is 563. The van der Waals surface area contributed by atoms with Crippen molar-refractivity contribution in [1.82, 2.24) is 0 Å². The van der Waals surface area contributed by atoms with Crippen LogP contribution in [0.2, 0.25) is 0 Å². The number of ether oxygens (including phenoxy) is 2. The smallest absolute Gasteiger partial charge is 0.326 e. The maximum absolute atomic E-state index is 11.4. The van der Waals surface area contributed by atoms with Crippen LogP contribution in [0.1, 0.15) is 6.92 Å². The van der Waals surface area contributed by atoms with Crippen molar-refractivity contribution in [3.05, 3.63) is 42.5 Å². The van der Waals surface area contributed by atoms with Crippen LogP contribution in [-0.2, 0) is 9.53 Å². The predicted molar refractivity (Wildman–Crippen MR) is 74.1 cm³/mol. The molecule has 1 unspecified atom stereocenters. The molecule has 100 valence electrons. The molecule has 2 aromatic carbocycles. The van der Waals surface area contributed by atoms with Crippen molar-refractivity contribution in [1.29, 1.82) is 0 Å². The molecule has 0 bridgehead atoms. The van der Waals surface area contributed by atoms with E-state index in [9.17, 15) is 4.79 Å². The first kappa shape index (κ1) is 13.4. The molecule has 0 aromatic heterocycles. The summed E-state index contributed by atoms with van der Waals surface area (Å²) in [6.45, 7) is 2.17. The number of hydrogen-bond donors (Lipinski definition) is 1. The number of fused-ring (bicyclic) bond motifs is 1. The lowest BCUT2D eigenvalue weighted by molar-refractivity contribution is -0.145. The summed E-state index contributed by atoms with van der Waals surface area (Å²) in [4.78, 5) is 11.4. The second-order valence-electron chi connectivity index (χ2n) is 4.15. The summed E-state index contributed by atoms with van der Waals surface area (Å²) in [6.07, 6.45) is 0. The molecule has 0 saturated carbocycles. The molecule has 2 rings (SSSR count). The number of carbonyl (C=O) groups excluding carboxylic acids is 1. The van der Waals surface area contributed by atoms with E-state index >= 15 is 0 Å². The number of benzene rings is 2. The fourth-order valence-corrected chi connectivity index (χ4v) is 1.82. The number of hydrogen-bond acceptors (Lipinski definition) is 4. The quantitative estimate of drug-likeness (QED) is 0.835. The molecular weight excluding hydrogens is 242 g/mol. The van der Waals surface area contributed by atoms with Crippen LogP contribution < -0.4 is 10.5 Å². The summed E-state index contributed by atoms with van der Waals surface area (Å²) in [6, 6.07) is 12.9. The van der Waals surface area contributed by atoms with Gasteiger partial charge in [0, 0.05) is 5.39 Å². The monoisotopic (exact) mass is 259 g/mol. The number of carbonyl (C=O) groups is 1. The lowest BCUT2D eigenvalue weighted by Gasteiger charge is -2.13. The highest BCUT2D eigenvalue weighted by atomic mass is 16.5. The topological polar surface area (TPSA) is 61.5 Å². The van der Waals surface area contributed by atoms with Gasteiger partial charge in [-0.3, -0.25) is 4.79 Å². The normalized spacial score (nSPS) is 12.1. The van der Waals surface area contributed by atoms with Gasteiger partial charge in [-0.15, -0.1) is 0 Å². The van der Waals surface area contributed by atoms with E-state index in [2.05, 4.69) is 0 Å². The fourth-order valence-electron chi connectivity index (χ4n) is 1.82. The van der Waals surface area contributed by atoms with Gasteiger partial charge in [-0.1, -0.05) is 36.4 Å². The van der Waals surface area contributed by atoms with Crippen LogP contribution in [0.3, 0.4) is 0 Å². The highest BCUT2D eigenvalue weighted by Crippen LogP contribution is 2.25. The third kappa shape index (κ3) is 3.23. The van der Waals surface area contributed by atoms with Crippen molar-refractivity contribution in [3.63, 3.8) is 0 Å². The van der Waals surface area contributed by atoms with Gasteiger partial charge in [0.1, 0.15) is 18.4 Å². The molecule has 0 radical (unpaired) electrons. The van der Waals surface area contributed by atoms with E-state index in [1.807, 2.05) is 42.5 Å². The van der Waals surface area contributed by atoms with Crippen LogP contribution in [0.15, 0.2) is 42.5 Å². The average Bonchev–Trinajstić information content (AvgIpc) is 2.45. The third-order valence-electron chi connectivity index (χ3n) is 2.76. The third-order valence-corrected chi connectivity index (χ3v) is 2.76. The summed E-state index contributed by atoms with van der Waals surface area (Å²) < 4.78 is 10.5. The molecule has 1 atom stereocenters. The van der Waals surface area contributed by atoms with E-state index in [-0.39, 0.29) is 6.61 Å². The van der Waals surface area contributed by atoms with E-state index in [0.29, 0.717) is 6.61 Å². The van der Waals surface area contributed by atoms with Crippen molar-refractivity contribution >= 4 is 16.7 Å². The van der Waals surface area contributed by atoms with Gasteiger partial charge in [0.25, 0.3) is 0 Å². The first-order valence-corrected chi connectivity index (χ1v) is 6.25. The summed E-state index contributed by atoms with van der Waals surface area (Å²) in [5.74, 6) is 0.278. The Morgan fingerprint density at radius 3 is 2.74 bits per heavy atom. The minimum Gasteiger partial charge on any atom is -0.491 e. The second-order valence-corrected chi connectivity index (χ2v) is 4.15. The van der Waals surface area contributed by atoms with Crippen molar-refractivity contribution in [2.45, 2.75) is 13.0 Å². The van der Waals surface area contributed by atoms with Gasteiger partial charge >= 0.3 is 5.97 Å². The number of nitrogens with two attached hydrogens (primary N) is 1. The molecular formula is C15H17NO3. The maximum atomic E-state index is 11.4. The molecule has 19 heavy (non-hydrogen) atoms. The number of rotatable bonds is 5. The largest absolute Gasteiger partial charge is 0.491 e. The van der Waals surface area contributed by atoms with Crippen LogP contribution in [0.25, 0.3) is 10.8 Å². The summed E-state index contributed by atoms with van der Waals surface area (Å²) in [5, 5.41) is 2.09. The molecule has 4 nitrogen and oxygen atoms in total. The van der Waals surface area contributed by atoms with Gasteiger partial charge in [-0.05, 0) is 18.4 Å². The van der Waals surface area contributed by atoms with E-state index < -0.39 is 12.0 Å². The molecule has 0 heterocycles. The highest BCUT2D eigenvalue weighted by Gasteiger charge is 2.15. The lowest BCUT2D eigenvalue weighted by Crippen LogP contribution is -2.37. The average molecular weight is 259 g/mol. The fraction of sp³-hybridized carbons (Fsp3) is 0.267. The first-order valence-electron chi connectivity index (χ1n) is 6.25. The Kier molecular flexibility index (Phi) is 4.36. The van der Waals surface area contributed by atoms with Crippen LogP contribution in [0.4, 0.5) is 0 Å². The van der Waals surface area contributed by atoms with Crippen LogP contribution in [0.5, 0.6) is 5.75 Å². The number of esters is 1. The van der Waals surface area contributed by atoms with E-state index in [1.165, 1.54) is 0 Å². The zero-order valence-corrected chi connectivity index (χ0v) is 10.8. The maximum Gasteiger partial charge on any atom is 0.326 e. The molecule has 2 N–H and O–H groups in total. The summed E-state index contributed by atoms with van der Waals surface area (Å²) in [5.41, 5.74) is 5.70. The van der Waals surface area contributed by atoms with Crippen LogP contribution >= 0.6 is 0 Å². The predicted octanol–water partition coefficient (Wildman–Crippen LogP) is 2.11. The lowest BCUT2D eigenvalue weighted by atomic mass is 10.1. The van der Waals surface area contributed by atoms with Gasteiger partial charge < -0.3 is 15.2 Å². The van der Waals surface area contributed by atoms with Crippen molar-refractivity contribution in [2.24, 2.45) is 5.73 Å². The zero-order valence-electron chi connectivity index (χ0n) is 10.8. The van der Waals surface area contributed by atoms with Crippen LogP contribution in [-0.4, -0.2) is 25.2 Å². The first-order chi connectivity index (χ1) is 9.22. The van der Waals surface area contributed by atoms with Crippen molar-refractivity contribution in [3.8, 4) is 5.75 Å². The van der Waals surface area contributed by atoms with Crippen molar-refractivity contribution < 1.29 is 14.3 Å². The van der Waals surface area contributed by atoms with Gasteiger partial charge in [-0.25, -0.2) is 0 Å². The summed E-state index contributed by atoms with van der Waals surface area (Å²) in [7, 11) is 0. The Hall–Kier alpha value is -2.07. The molecule has 0 spiro atoms. The zero-order chi connectivity index (χ0) is 13.7. The molecule has 4 heteroatoms. The molecule has 0 aliphatic rings. The Balaban J connectivity index is 2.08. The van der Waals surface area contributed by atoms with E-state index in [0.717, 1.165) is 16.5 Å². The molecule has 0 aliphatic carbocycles. The Labute approximate surface area is 112 Å². The van der Waals surface area contributed by atoms with Gasteiger partial charge in [-0.2, -0.15) is 0 Å². The highest BCUT2D eigenvalue weighted by molar-refractivity contribution is 5.88. The van der Waals surface area contributed by atoms with Crippen LogP contribution in [0, 0.1) is 0 Å². The SMILES string of the molecule is CCOC(=O)C(N)COc1cccc2ccccc12. The minimum absolute atomic E-state index is 0.104. The van der Waals surface area contributed by atoms with Crippen molar-refractivity contribution in [2.75, 3.05) is 13.2 Å². The van der Waals surface area contributed by atoms with Gasteiger partial charge in [0.15, 0.2) is 0 Å². The van der Waals surface area contributed by atoms with Gasteiger partial charge in [0.2, 0.25) is 0 Å².